The smallest absolute Gasteiger partial charge is 0.309 e. The number of rotatable bonds is 5. The number of allylic oxidation sites excluding steroid dienone is 1. The molecule has 5 rings (SSSR count). The van der Waals surface area contributed by atoms with Crippen molar-refractivity contribution in [1.82, 2.24) is 35.2 Å². The van der Waals surface area contributed by atoms with E-state index >= 15 is 0 Å². The quantitative estimate of drug-likeness (QED) is 0.251. The summed E-state index contributed by atoms with van der Waals surface area (Å²) in [4.78, 5) is 38.0. The predicted molar refractivity (Wildman–Crippen MR) is 130 cm³/mol. The van der Waals surface area contributed by atoms with E-state index in [-0.39, 0.29) is 18.7 Å². The fourth-order valence-corrected chi connectivity index (χ4v) is 4.24. The van der Waals surface area contributed by atoms with Crippen LogP contribution in [0.4, 0.5) is 0 Å². The van der Waals surface area contributed by atoms with Gasteiger partial charge in [0.25, 0.3) is 5.78 Å². The number of Topliss-reactive ketones (excluding diaryl/α,β-unsaturated/α-hetero) is 1. The number of nitrogens with zero attached hydrogens (tertiary/aromatic N) is 6. The van der Waals surface area contributed by atoms with Crippen molar-refractivity contribution in [2.24, 2.45) is 0 Å². The number of fused-ring (bicyclic) bond motifs is 1. The van der Waals surface area contributed by atoms with E-state index in [0.717, 1.165) is 11.1 Å². The number of aromatic amines is 1. The molecule has 0 aliphatic carbocycles. The molecule has 180 valence electrons. The van der Waals surface area contributed by atoms with Crippen molar-refractivity contribution in [3.8, 4) is 17.6 Å². The first-order valence-corrected chi connectivity index (χ1v) is 11.2. The fraction of sp³-hybridized carbons (Fsp3) is 0.200. The third-order valence-corrected chi connectivity index (χ3v) is 6.03. The highest BCUT2D eigenvalue weighted by atomic mass is 16.5. The molecular formula is C25H22N8O3. The van der Waals surface area contributed by atoms with Crippen LogP contribution in [0.5, 0.6) is 5.75 Å². The Labute approximate surface area is 206 Å². The predicted octanol–water partition coefficient (Wildman–Crippen LogP) is 2.36. The normalized spacial score (nSPS) is 15.0. The molecule has 1 aromatic carbocycles. The Bertz CT molecular complexity index is 1530. The zero-order chi connectivity index (χ0) is 25.2. The molecule has 3 aromatic heterocycles. The molecule has 4 heterocycles. The summed E-state index contributed by atoms with van der Waals surface area (Å²) in [5.41, 5.74) is 5.93. The van der Waals surface area contributed by atoms with Gasteiger partial charge in [0.1, 0.15) is 17.9 Å². The molecule has 1 saturated heterocycles. The average Bonchev–Trinajstić information content (AvgIpc) is 3.56. The minimum atomic E-state index is -0.704. The molecule has 0 saturated carbocycles. The van der Waals surface area contributed by atoms with Crippen molar-refractivity contribution in [1.29, 1.82) is 5.26 Å². The number of carbonyl (C=O) groups is 2. The van der Waals surface area contributed by atoms with Gasteiger partial charge in [-0.05, 0) is 24.5 Å². The average molecular weight is 483 g/mol. The van der Waals surface area contributed by atoms with Gasteiger partial charge in [0.2, 0.25) is 0 Å². The first-order chi connectivity index (χ1) is 17.5. The first kappa shape index (κ1) is 22.9. The highest BCUT2D eigenvalue weighted by Crippen LogP contribution is 2.32. The molecule has 0 radical (unpaired) electrons. The van der Waals surface area contributed by atoms with E-state index in [0.29, 0.717) is 40.3 Å². The van der Waals surface area contributed by atoms with E-state index < -0.39 is 11.7 Å². The zero-order valence-corrected chi connectivity index (χ0v) is 19.6. The summed E-state index contributed by atoms with van der Waals surface area (Å²) in [6, 6.07) is 11.7. The number of hydrazine groups is 1. The van der Waals surface area contributed by atoms with Gasteiger partial charge >= 0.3 is 5.91 Å². The first-order valence-electron chi connectivity index (χ1n) is 11.2. The Balaban J connectivity index is 1.41. The number of pyridine rings is 1. The molecule has 0 spiro atoms. The molecule has 0 unspecified atom stereocenters. The van der Waals surface area contributed by atoms with Crippen LogP contribution in [-0.2, 0) is 4.79 Å². The summed E-state index contributed by atoms with van der Waals surface area (Å²) >= 11 is 0. The molecule has 1 aliphatic rings. The maximum Gasteiger partial charge on any atom is 0.309 e. The summed E-state index contributed by atoms with van der Waals surface area (Å²) < 4.78 is 6.92. The number of ketones is 1. The number of benzene rings is 1. The number of nitrogens with one attached hydrogen (secondary N) is 2. The standard InChI is InChI=1S/C25H22N8O3/c1-15-29-14-33(31-15)24-22-21(20(36-2)13-28-24)19(12-27-22)23(34)25(35)32-9-8-17(11-30-32)18(10-26)16-6-4-3-5-7-16/h3-7,12-14,27,30H,8-9,11H2,1-2H3/b18-17-. The minimum Gasteiger partial charge on any atom is -0.494 e. The van der Waals surface area contributed by atoms with Crippen molar-refractivity contribution in [3.63, 3.8) is 0 Å². The number of nitriles is 1. The Morgan fingerprint density at radius 1 is 1.19 bits per heavy atom. The van der Waals surface area contributed by atoms with Gasteiger partial charge in [-0.3, -0.25) is 14.6 Å². The Morgan fingerprint density at radius 3 is 2.64 bits per heavy atom. The number of amides is 1. The molecule has 1 amide bonds. The lowest BCUT2D eigenvalue weighted by Gasteiger charge is -2.29. The van der Waals surface area contributed by atoms with Crippen molar-refractivity contribution in [2.75, 3.05) is 20.2 Å². The van der Waals surface area contributed by atoms with Gasteiger partial charge in [0, 0.05) is 19.3 Å². The third-order valence-electron chi connectivity index (χ3n) is 6.03. The Kier molecular flexibility index (Phi) is 6.02. The Hall–Kier alpha value is -4.82. The van der Waals surface area contributed by atoms with E-state index in [1.807, 2.05) is 30.3 Å². The molecule has 11 heteroatoms. The summed E-state index contributed by atoms with van der Waals surface area (Å²) in [6.07, 6.45) is 4.94. The van der Waals surface area contributed by atoms with Crippen LogP contribution < -0.4 is 10.2 Å². The molecule has 4 aromatic rings. The Morgan fingerprint density at radius 2 is 2.00 bits per heavy atom. The number of H-pyrrole nitrogens is 1. The van der Waals surface area contributed by atoms with Crippen molar-refractivity contribution in [3.05, 3.63) is 71.6 Å². The maximum atomic E-state index is 13.3. The number of carbonyl (C=O) groups excluding carboxylic acids is 2. The van der Waals surface area contributed by atoms with E-state index in [2.05, 4.69) is 31.5 Å². The molecule has 0 bridgehead atoms. The number of aryl methyl sites for hydroxylation is 1. The second-order valence-electron chi connectivity index (χ2n) is 8.17. The second kappa shape index (κ2) is 9.44. The van der Waals surface area contributed by atoms with Crippen LogP contribution in [0.15, 0.2) is 54.6 Å². The third kappa shape index (κ3) is 3.99. The molecular weight excluding hydrogens is 460 g/mol. The zero-order valence-electron chi connectivity index (χ0n) is 19.6. The van der Waals surface area contributed by atoms with Gasteiger partial charge in [-0.15, -0.1) is 0 Å². The lowest BCUT2D eigenvalue weighted by atomic mass is 9.97. The summed E-state index contributed by atoms with van der Waals surface area (Å²) in [7, 11) is 1.47. The number of methoxy groups -OCH3 is 1. The van der Waals surface area contributed by atoms with Gasteiger partial charge in [-0.1, -0.05) is 30.3 Å². The van der Waals surface area contributed by atoms with Gasteiger partial charge in [-0.25, -0.2) is 20.1 Å². The number of aromatic nitrogens is 5. The highest BCUT2D eigenvalue weighted by molar-refractivity contribution is 6.45. The molecule has 1 aliphatic heterocycles. The molecule has 2 N–H and O–H groups in total. The summed E-state index contributed by atoms with van der Waals surface area (Å²) in [6.45, 7) is 2.29. The van der Waals surface area contributed by atoms with Gasteiger partial charge in [0.05, 0.1) is 41.4 Å². The van der Waals surface area contributed by atoms with Crippen LogP contribution in [0.25, 0.3) is 22.3 Å². The number of ether oxygens (including phenoxy) is 1. The van der Waals surface area contributed by atoms with Crippen LogP contribution in [0.3, 0.4) is 0 Å². The number of hydrogen-bond acceptors (Lipinski definition) is 8. The molecule has 11 nitrogen and oxygen atoms in total. The van der Waals surface area contributed by atoms with Crippen LogP contribution in [0.2, 0.25) is 0 Å². The molecule has 36 heavy (non-hydrogen) atoms. The number of hydrogen-bond donors (Lipinski definition) is 2. The van der Waals surface area contributed by atoms with Crippen molar-refractivity contribution >= 4 is 28.2 Å². The van der Waals surface area contributed by atoms with Crippen molar-refractivity contribution in [2.45, 2.75) is 13.3 Å². The fourth-order valence-electron chi connectivity index (χ4n) is 4.24. The SMILES string of the molecule is COc1cnc(-n2cnc(C)n2)c2[nH]cc(C(=O)C(=O)N3CC/C(=C(\C#N)c4ccccc4)CN3)c12. The van der Waals surface area contributed by atoms with Crippen LogP contribution >= 0.6 is 0 Å². The summed E-state index contributed by atoms with van der Waals surface area (Å²) in [5.74, 6) is -0.0644. The lowest BCUT2D eigenvalue weighted by molar-refractivity contribution is -0.129. The van der Waals surface area contributed by atoms with Crippen LogP contribution in [0.1, 0.15) is 28.2 Å². The highest BCUT2D eigenvalue weighted by Gasteiger charge is 2.30. The van der Waals surface area contributed by atoms with Crippen molar-refractivity contribution < 1.29 is 14.3 Å². The van der Waals surface area contributed by atoms with E-state index in [1.165, 1.54) is 35.5 Å². The maximum absolute atomic E-state index is 13.3. The van der Waals surface area contributed by atoms with E-state index in [4.69, 9.17) is 4.74 Å². The lowest BCUT2D eigenvalue weighted by Crippen LogP contribution is -2.50. The molecule has 1 fully saturated rings. The van der Waals surface area contributed by atoms with E-state index in [9.17, 15) is 14.9 Å². The molecule has 0 atom stereocenters. The monoisotopic (exact) mass is 482 g/mol. The topological polar surface area (TPSA) is 142 Å². The van der Waals surface area contributed by atoms with Gasteiger partial charge < -0.3 is 9.72 Å². The summed E-state index contributed by atoms with van der Waals surface area (Å²) in [5, 5.41) is 15.7. The largest absolute Gasteiger partial charge is 0.494 e. The van der Waals surface area contributed by atoms with Crippen LogP contribution in [-0.4, -0.2) is 61.6 Å². The van der Waals surface area contributed by atoms with Gasteiger partial charge in [-0.2, -0.15) is 10.4 Å². The minimum absolute atomic E-state index is 0.164. The van der Waals surface area contributed by atoms with Gasteiger partial charge in [0.15, 0.2) is 5.82 Å². The van der Waals surface area contributed by atoms with Crippen LogP contribution in [0, 0.1) is 18.3 Å². The van der Waals surface area contributed by atoms with E-state index in [1.54, 1.807) is 6.92 Å². The second-order valence-corrected chi connectivity index (χ2v) is 8.17.